The van der Waals surface area contributed by atoms with Gasteiger partial charge in [0, 0.05) is 26.2 Å². The Morgan fingerprint density at radius 3 is 2.74 bits per heavy atom. The summed E-state index contributed by atoms with van der Waals surface area (Å²) in [7, 11) is 0. The van der Waals surface area contributed by atoms with Crippen LogP contribution in [-0.4, -0.2) is 46.5 Å². The van der Waals surface area contributed by atoms with Crippen molar-refractivity contribution in [2.45, 2.75) is 33.4 Å². The Kier molecular flexibility index (Phi) is 4.10. The fraction of sp³-hybridized carbons (Fsp3) is 0.533. The molecule has 1 heterocycles. The molecule has 0 unspecified atom stereocenters. The molecule has 1 aliphatic heterocycles. The third-order valence-corrected chi connectivity index (χ3v) is 3.90. The highest BCUT2D eigenvalue weighted by Crippen LogP contribution is 2.20. The van der Waals surface area contributed by atoms with E-state index in [1.807, 2.05) is 37.8 Å². The summed E-state index contributed by atoms with van der Waals surface area (Å²) in [5.41, 5.74) is 2.02. The van der Waals surface area contributed by atoms with Gasteiger partial charge in [-0.1, -0.05) is 12.1 Å². The Morgan fingerprint density at radius 2 is 2.11 bits per heavy atom. The van der Waals surface area contributed by atoms with Crippen molar-refractivity contribution < 1.29 is 9.90 Å². The molecule has 0 bridgehead atoms. The zero-order valence-corrected chi connectivity index (χ0v) is 11.9. The molecule has 1 fully saturated rings. The average Bonchev–Trinajstić information content (AvgIpc) is 2.40. The van der Waals surface area contributed by atoms with Gasteiger partial charge in [0.25, 0.3) is 0 Å². The molecule has 1 atom stereocenters. The molecule has 0 aromatic heterocycles. The number of hydrogen-bond donors (Lipinski definition) is 1. The molecule has 1 saturated heterocycles. The largest absolute Gasteiger partial charge is 0.508 e. The van der Waals surface area contributed by atoms with E-state index in [9.17, 15) is 9.90 Å². The second kappa shape index (κ2) is 5.61. The number of amides is 1. The normalized spacial score (nSPS) is 20.9. The van der Waals surface area contributed by atoms with Gasteiger partial charge in [-0.05, 0) is 38.0 Å². The lowest BCUT2D eigenvalue weighted by molar-refractivity contribution is -0.141. The molecule has 1 aromatic carbocycles. The Hall–Kier alpha value is -1.55. The lowest BCUT2D eigenvalue weighted by Gasteiger charge is -2.38. The van der Waals surface area contributed by atoms with Crippen molar-refractivity contribution in [1.29, 1.82) is 0 Å². The number of phenols is 1. The van der Waals surface area contributed by atoms with Crippen molar-refractivity contribution in [3.05, 3.63) is 29.3 Å². The zero-order valence-electron chi connectivity index (χ0n) is 11.9. The van der Waals surface area contributed by atoms with Crippen molar-refractivity contribution in [2.75, 3.05) is 19.6 Å². The summed E-state index contributed by atoms with van der Waals surface area (Å²) in [5, 5.41) is 9.54. The summed E-state index contributed by atoms with van der Waals surface area (Å²) in [6, 6.07) is 5.56. The second-order valence-corrected chi connectivity index (χ2v) is 5.19. The number of rotatable bonds is 3. The summed E-state index contributed by atoms with van der Waals surface area (Å²) < 4.78 is 0. The monoisotopic (exact) mass is 262 g/mol. The van der Waals surface area contributed by atoms with Crippen LogP contribution in [0.15, 0.2) is 18.2 Å². The maximum absolute atomic E-state index is 12.1. The first-order chi connectivity index (χ1) is 9.02. The molecule has 104 valence electrons. The molecular formula is C15H22N2O2. The predicted octanol–water partition coefficient (Wildman–Crippen LogP) is 1.75. The number of phenolic OH excluding ortho intramolecular Hbond substituents is 1. The van der Waals surface area contributed by atoms with Crippen LogP contribution in [0.1, 0.15) is 25.0 Å². The molecule has 4 heteroatoms. The third kappa shape index (κ3) is 2.89. The van der Waals surface area contributed by atoms with Gasteiger partial charge in [-0.2, -0.15) is 0 Å². The third-order valence-electron chi connectivity index (χ3n) is 3.90. The molecule has 1 aliphatic rings. The van der Waals surface area contributed by atoms with Gasteiger partial charge >= 0.3 is 0 Å². The molecule has 0 radical (unpaired) electrons. The number of likely N-dealkylation sites (N-methyl/N-ethyl adjacent to an activating group) is 1. The van der Waals surface area contributed by atoms with Gasteiger partial charge in [0.1, 0.15) is 5.75 Å². The van der Waals surface area contributed by atoms with E-state index in [0.717, 1.165) is 37.3 Å². The Morgan fingerprint density at radius 1 is 1.37 bits per heavy atom. The van der Waals surface area contributed by atoms with Gasteiger partial charge in [-0.3, -0.25) is 9.69 Å². The van der Waals surface area contributed by atoms with Crippen LogP contribution >= 0.6 is 0 Å². The SMILES string of the molecule is CCN1CCN(Cc2ccc(O)c(C)c2)[C@@H](C)C1=O. The number of benzene rings is 1. The molecule has 19 heavy (non-hydrogen) atoms. The number of hydrogen-bond acceptors (Lipinski definition) is 3. The van der Waals surface area contributed by atoms with Crippen molar-refractivity contribution in [3.8, 4) is 5.75 Å². The minimum Gasteiger partial charge on any atom is -0.508 e. The summed E-state index contributed by atoms with van der Waals surface area (Å²) in [4.78, 5) is 16.2. The van der Waals surface area contributed by atoms with Crippen LogP contribution in [0.2, 0.25) is 0 Å². The Labute approximate surface area is 114 Å². The van der Waals surface area contributed by atoms with Crippen LogP contribution in [0.5, 0.6) is 5.75 Å². The lowest BCUT2D eigenvalue weighted by Crippen LogP contribution is -2.55. The van der Waals surface area contributed by atoms with Gasteiger partial charge in [-0.25, -0.2) is 0 Å². The first kappa shape index (κ1) is 13.9. The van der Waals surface area contributed by atoms with E-state index >= 15 is 0 Å². The van der Waals surface area contributed by atoms with E-state index in [0.29, 0.717) is 5.75 Å². The molecule has 4 nitrogen and oxygen atoms in total. The van der Waals surface area contributed by atoms with Gasteiger partial charge in [0.05, 0.1) is 6.04 Å². The van der Waals surface area contributed by atoms with Gasteiger partial charge in [-0.15, -0.1) is 0 Å². The minimum atomic E-state index is -0.0668. The average molecular weight is 262 g/mol. The summed E-state index contributed by atoms with van der Waals surface area (Å²) in [5.74, 6) is 0.535. The number of carbonyl (C=O) groups is 1. The van der Waals surface area contributed by atoms with E-state index in [1.165, 1.54) is 0 Å². The van der Waals surface area contributed by atoms with E-state index in [2.05, 4.69) is 4.90 Å². The van der Waals surface area contributed by atoms with Gasteiger partial charge in [0.2, 0.25) is 5.91 Å². The number of carbonyl (C=O) groups excluding carboxylic acids is 1. The van der Waals surface area contributed by atoms with Crippen LogP contribution in [0.25, 0.3) is 0 Å². The van der Waals surface area contributed by atoms with E-state index in [4.69, 9.17) is 0 Å². The van der Waals surface area contributed by atoms with Crippen LogP contribution in [0.4, 0.5) is 0 Å². The number of piperazine rings is 1. The predicted molar refractivity (Wildman–Crippen MR) is 75.0 cm³/mol. The van der Waals surface area contributed by atoms with Crippen LogP contribution in [-0.2, 0) is 11.3 Å². The number of nitrogens with zero attached hydrogens (tertiary/aromatic N) is 2. The fourth-order valence-corrected chi connectivity index (χ4v) is 2.55. The van der Waals surface area contributed by atoms with Crippen LogP contribution in [0.3, 0.4) is 0 Å². The highest BCUT2D eigenvalue weighted by Gasteiger charge is 2.30. The van der Waals surface area contributed by atoms with E-state index in [-0.39, 0.29) is 11.9 Å². The molecular weight excluding hydrogens is 240 g/mol. The molecule has 0 spiro atoms. The Bertz CT molecular complexity index is 473. The standard InChI is InChI=1S/C15H22N2O2/c1-4-16-7-8-17(12(3)15(16)19)10-13-5-6-14(18)11(2)9-13/h5-6,9,12,18H,4,7-8,10H2,1-3H3/t12-/m0/s1. The Balaban J connectivity index is 2.07. The van der Waals surface area contributed by atoms with Gasteiger partial charge < -0.3 is 10.0 Å². The second-order valence-electron chi connectivity index (χ2n) is 5.19. The van der Waals surface area contributed by atoms with E-state index in [1.54, 1.807) is 6.07 Å². The van der Waals surface area contributed by atoms with Gasteiger partial charge in [0.15, 0.2) is 0 Å². The quantitative estimate of drug-likeness (QED) is 0.902. The van der Waals surface area contributed by atoms with Crippen LogP contribution < -0.4 is 0 Å². The van der Waals surface area contributed by atoms with Crippen molar-refractivity contribution in [1.82, 2.24) is 9.80 Å². The van der Waals surface area contributed by atoms with E-state index < -0.39 is 0 Å². The molecule has 0 aliphatic carbocycles. The molecule has 2 rings (SSSR count). The van der Waals surface area contributed by atoms with Crippen molar-refractivity contribution in [2.24, 2.45) is 0 Å². The summed E-state index contributed by atoms with van der Waals surface area (Å²) in [6.07, 6.45) is 0. The summed E-state index contributed by atoms with van der Waals surface area (Å²) >= 11 is 0. The van der Waals surface area contributed by atoms with Crippen molar-refractivity contribution in [3.63, 3.8) is 0 Å². The molecule has 1 amide bonds. The van der Waals surface area contributed by atoms with Crippen molar-refractivity contribution >= 4 is 5.91 Å². The fourth-order valence-electron chi connectivity index (χ4n) is 2.55. The molecule has 0 saturated carbocycles. The van der Waals surface area contributed by atoms with Crippen LogP contribution in [0, 0.1) is 6.92 Å². The maximum atomic E-state index is 12.1. The highest BCUT2D eigenvalue weighted by atomic mass is 16.3. The molecule has 1 N–H and O–H groups in total. The zero-order chi connectivity index (χ0) is 14.0. The number of aromatic hydroxyl groups is 1. The molecule has 1 aromatic rings. The first-order valence-electron chi connectivity index (χ1n) is 6.84. The summed E-state index contributed by atoms with van der Waals surface area (Å²) in [6.45, 7) is 9.13. The topological polar surface area (TPSA) is 43.8 Å². The number of aryl methyl sites for hydroxylation is 1. The lowest BCUT2D eigenvalue weighted by atomic mass is 10.1. The minimum absolute atomic E-state index is 0.0668. The first-order valence-corrected chi connectivity index (χ1v) is 6.84. The maximum Gasteiger partial charge on any atom is 0.239 e. The smallest absolute Gasteiger partial charge is 0.239 e. The highest BCUT2D eigenvalue weighted by molar-refractivity contribution is 5.82.